The van der Waals surface area contributed by atoms with Crippen LogP contribution in [0.4, 0.5) is 0 Å². The van der Waals surface area contributed by atoms with Crippen LogP contribution in [-0.4, -0.2) is 39.2 Å². The zero-order valence-corrected chi connectivity index (χ0v) is 18.0. The molecule has 0 unspecified atom stereocenters. The largest absolute Gasteiger partial charge is 0.493 e. The predicted octanol–water partition coefficient (Wildman–Crippen LogP) is 3.36. The van der Waals surface area contributed by atoms with Crippen LogP contribution in [0, 0.1) is 11.3 Å². The van der Waals surface area contributed by atoms with Gasteiger partial charge in [-0.2, -0.15) is 5.26 Å². The molecule has 0 saturated carbocycles. The monoisotopic (exact) mass is 424 g/mol. The minimum atomic E-state index is -0.614. The Hall–Kier alpha value is -3.99. The Morgan fingerprint density at radius 1 is 0.935 bits per heavy atom. The van der Waals surface area contributed by atoms with Crippen molar-refractivity contribution in [3.8, 4) is 29.1 Å². The first kappa shape index (κ1) is 23.3. The molecule has 162 valence electrons. The Kier molecular flexibility index (Phi) is 8.03. The van der Waals surface area contributed by atoms with Crippen LogP contribution >= 0.6 is 0 Å². The van der Waals surface area contributed by atoms with E-state index in [4.69, 9.17) is 18.9 Å². The molecule has 2 rings (SSSR count). The maximum absolute atomic E-state index is 12.6. The third-order valence-electron chi connectivity index (χ3n) is 4.11. The van der Waals surface area contributed by atoms with E-state index in [2.05, 4.69) is 5.32 Å². The Balaban J connectivity index is 2.27. The number of amides is 1. The maximum atomic E-state index is 12.6. The van der Waals surface area contributed by atoms with E-state index < -0.39 is 11.9 Å². The Bertz CT molecular complexity index is 1040. The number of methoxy groups -OCH3 is 3. The van der Waals surface area contributed by atoms with Crippen molar-refractivity contribution >= 4 is 18.0 Å². The number of esters is 1. The van der Waals surface area contributed by atoms with Gasteiger partial charge in [0, 0.05) is 6.04 Å². The number of carbonyl (C=O) groups is 2. The Morgan fingerprint density at radius 3 is 2.13 bits per heavy atom. The summed E-state index contributed by atoms with van der Waals surface area (Å²) in [5.41, 5.74) is 0.754. The first-order chi connectivity index (χ1) is 14.8. The van der Waals surface area contributed by atoms with E-state index in [0.29, 0.717) is 17.1 Å². The highest BCUT2D eigenvalue weighted by Gasteiger charge is 2.16. The highest BCUT2D eigenvalue weighted by Crippen LogP contribution is 2.31. The van der Waals surface area contributed by atoms with Gasteiger partial charge in [-0.1, -0.05) is 6.07 Å². The molecule has 0 fully saturated rings. The second-order valence-electron chi connectivity index (χ2n) is 6.67. The average Bonchev–Trinajstić information content (AvgIpc) is 2.76. The number of hydrogen-bond acceptors (Lipinski definition) is 7. The fourth-order valence-electron chi connectivity index (χ4n) is 2.64. The number of rotatable bonds is 8. The summed E-state index contributed by atoms with van der Waals surface area (Å²) in [5.74, 6) is 0.251. The maximum Gasteiger partial charge on any atom is 0.343 e. The van der Waals surface area contributed by atoms with Gasteiger partial charge in [0.1, 0.15) is 11.6 Å². The minimum Gasteiger partial charge on any atom is -0.493 e. The molecule has 31 heavy (non-hydrogen) atoms. The van der Waals surface area contributed by atoms with Crippen molar-refractivity contribution in [3.63, 3.8) is 0 Å². The first-order valence-electron chi connectivity index (χ1n) is 9.37. The molecule has 8 heteroatoms. The second-order valence-corrected chi connectivity index (χ2v) is 6.67. The molecule has 0 atom stereocenters. The van der Waals surface area contributed by atoms with Crippen LogP contribution in [-0.2, 0) is 4.79 Å². The van der Waals surface area contributed by atoms with E-state index in [1.807, 2.05) is 6.07 Å². The normalized spacial score (nSPS) is 10.8. The van der Waals surface area contributed by atoms with E-state index >= 15 is 0 Å². The number of benzene rings is 2. The van der Waals surface area contributed by atoms with Crippen molar-refractivity contribution in [2.45, 2.75) is 19.9 Å². The number of ether oxygens (including phenoxy) is 4. The third kappa shape index (κ3) is 6.00. The van der Waals surface area contributed by atoms with Crippen LogP contribution in [0.1, 0.15) is 29.8 Å². The highest BCUT2D eigenvalue weighted by molar-refractivity contribution is 6.01. The lowest BCUT2D eigenvalue weighted by molar-refractivity contribution is -0.117. The summed E-state index contributed by atoms with van der Waals surface area (Å²) in [5, 5.41) is 11.9. The molecule has 2 aromatic carbocycles. The molecule has 0 radical (unpaired) electrons. The van der Waals surface area contributed by atoms with Crippen LogP contribution in [0.2, 0.25) is 0 Å². The lowest BCUT2D eigenvalue weighted by atomic mass is 10.1. The van der Waals surface area contributed by atoms with Crippen LogP contribution in [0.5, 0.6) is 23.0 Å². The van der Waals surface area contributed by atoms with E-state index in [1.54, 1.807) is 38.1 Å². The summed E-state index contributed by atoms with van der Waals surface area (Å²) < 4.78 is 21.1. The van der Waals surface area contributed by atoms with Gasteiger partial charge in [-0.3, -0.25) is 4.79 Å². The summed E-state index contributed by atoms with van der Waals surface area (Å²) in [7, 11) is 4.40. The summed E-state index contributed by atoms with van der Waals surface area (Å²) in [6.07, 6.45) is 1.43. The standard InChI is InChI=1S/C23H24N2O6/c1-14(2)25-22(26)17(13-24)10-15-6-8-19(20(11-15)29-4)31-23(27)16-7-9-18(28-3)21(12-16)30-5/h6-12,14H,1-5H3,(H,25,26)/b17-10+. The van der Waals surface area contributed by atoms with Gasteiger partial charge in [0.05, 0.1) is 26.9 Å². The van der Waals surface area contributed by atoms with Gasteiger partial charge in [0.25, 0.3) is 5.91 Å². The van der Waals surface area contributed by atoms with Crippen molar-refractivity contribution in [2.24, 2.45) is 0 Å². The van der Waals surface area contributed by atoms with Crippen molar-refractivity contribution in [3.05, 3.63) is 53.1 Å². The van der Waals surface area contributed by atoms with Gasteiger partial charge in [0.2, 0.25) is 0 Å². The van der Waals surface area contributed by atoms with Crippen molar-refractivity contribution in [2.75, 3.05) is 21.3 Å². The minimum absolute atomic E-state index is 0.0502. The number of nitrogens with one attached hydrogen (secondary N) is 1. The predicted molar refractivity (Wildman–Crippen MR) is 114 cm³/mol. The van der Waals surface area contributed by atoms with Crippen molar-refractivity contribution < 1.29 is 28.5 Å². The molecule has 0 saturated heterocycles. The smallest absolute Gasteiger partial charge is 0.343 e. The number of nitrogens with zero attached hydrogens (tertiary/aromatic N) is 1. The van der Waals surface area contributed by atoms with Crippen LogP contribution in [0.15, 0.2) is 42.0 Å². The lowest BCUT2D eigenvalue weighted by Crippen LogP contribution is -2.30. The lowest BCUT2D eigenvalue weighted by Gasteiger charge is -2.12. The highest BCUT2D eigenvalue weighted by atomic mass is 16.6. The number of nitriles is 1. The summed E-state index contributed by atoms with van der Waals surface area (Å²) >= 11 is 0. The quantitative estimate of drug-likeness (QED) is 0.300. The van der Waals surface area contributed by atoms with E-state index in [9.17, 15) is 14.9 Å². The Morgan fingerprint density at radius 2 is 1.55 bits per heavy atom. The second kappa shape index (κ2) is 10.7. The van der Waals surface area contributed by atoms with Crippen molar-refractivity contribution in [1.29, 1.82) is 5.26 Å². The van der Waals surface area contributed by atoms with Gasteiger partial charge < -0.3 is 24.3 Å². The number of hydrogen-bond donors (Lipinski definition) is 1. The van der Waals surface area contributed by atoms with Crippen molar-refractivity contribution in [1.82, 2.24) is 5.32 Å². The molecule has 0 spiro atoms. The molecule has 0 aliphatic carbocycles. The van der Waals surface area contributed by atoms with Gasteiger partial charge in [-0.25, -0.2) is 4.79 Å². The van der Waals surface area contributed by atoms with Crippen LogP contribution in [0.25, 0.3) is 6.08 Å². The van der Waals surface area contributed by atoms with Crippen LogP contribution in [0.3, 0.4) is 0 Å². The Labute approximate surface area is 181 Å². The van der Waals surface area contributed by atoms with E-state index in [0.717, 1.165) is 0 Å². The first-order valence-corrected chi connectivity index (χ1v) is 9.37. The SMILES string of the molecule is COc1ccc(C(=O)Oc2ccc(/C=C(\C#N)C(=O)NC(C)C)cc2OC)cc1OC. The molecule has 8 nitrogen and oxygen atoms in total. The topological polar surface area (TPSA) is 107 Å². The fourth-order valence-corrected chi connectivity index (χ4v) is 2.64. The molecule has 0 aromatic heterocycles. The van der Waals surface area contributed by atoms with Gasteiger partial charge in [-0.05, 0) is 55.8 Å². The zero-order chi connectivity index (χ0) is 23.0. The summed E-state index contributed by atoms with van der Waals surface area (Å²) in [6, 6.07) is 11.2. The summed E-state index contributed by atoms with van der Waals surface area (Å²) in [4.78, 5) is 24.7. The molecule has 0 aliphatic heterocycles. The molecule has 1 amide bonds. The van der Waals surface area contributed by atoms with E-state index in [-0.39, 0.29) is 28.7 Å². The van der Waals surface area contributed by atoms with Crippen LogP contribution < -0.4 is 24.3 Å². The molecular formula is C23H24N2O6. The van der Waals surface area contributed by atoms with Gasteiger partial charge in [-0.15, -0.1) is 0 Å². The average molecular weight is 424 g/mol. The molecule has 0 bridgehead atoms. The molecule has 0 heterocycles. The van der Waals surface area contributed by atoms with E-state index in [1.165, 1.54) is 39.5 Å². The molecule has 0 aliphatic rings. The van der Waals surface area contributed by atoms with Gasteiger partial charge >= 0.3 is 5.97 Å². The molecule has 1 N–H and O–H groups in total. The third-order valence-corrected chi connectivity index (χ3v) is 4.11. The molecular weight excluding hydrogens is 400 g/mol. The summed E-state index contributed by atoms with van der Waals surface area (Å²) in [6.45, 7) is 3.61. The fraction of sp³-hybridized carbons (Fsp3) is 0.261. The zero-order valence-electron chi connectivity index (χ0n) is 18.0. The number of carbonyl (C=O) groups excluding carboxylic acids is 2. The molecule has 2 aromatic rings. The van der Waals surface area contributed by atoms with Gasteiger partial charge in [0.15, 0.2) is 23.0 Å².